The first-order valence-corrected chi connectivity index (χ1v) is 9.64. The minimum Gasteiger partial charge on any atom is -0.351 e. The van der Waals surface area contributed by atoms with Crippen molar-refractivity contribution in [3.63, 3.8) is 0 Å². The van der Waals surface area contributed by atoms with Crippen molar-refractivity contribution < 1.29 is 4.79 Å². The molecule has 0 bridgehead atoms. The number of hydrogen-bond acceptors (Lipinski definition) is 3. The van der Waals surface area contributed by atoms with Crippen molar-refractivity contribution in [2.24, 2.45) is 0 Å². The Bertz CT molecular complexity index is 1040. The number of carbonyl (C=O) groups is 1. The summed E-state index contributed by atoms with van der Waals surface area (Å²) < 4.78 is 2.01. The molecule has 5 heteroatoms. The number of nitriles is 1. The molecule has 29 heavy (non-hydrogen) atoms. The van der Waals surface area contributed by atoms with Gasteiger partial charge in [0.2, 0.25) is 0 Å². The van der Waals surface area contributed by atoms with E-state index in [4.69, 9.17) is 0 Å². The molecule has 1 N–H and O–H groups in total. The van der Waals surface area contributed by atoms with Crippen molar-refractivity contribution >= 4 is 12.0 Å². The quantitative estimate of drug-likeness (QED) is 0.378. The smallest absolute Gasteiger partial charge is 0.261 e. The summed E-state index contributed by atoms with van der Waals surface area (Å²) in [5, 5.41) is 12.3. The highest BCUT2D eigenvalue weighted by atomic mass is 16.1. The maximum Gasteiger partial charge on any atom is 0.261 e. The van der Waals surface area contributed by atoms with Crippen LogP contribution >= 0.6 is 0 Å². The predicted molar refractivity (Wildman–Crippen MR) is 114 cm³/mol. The average molecular weight is 384 g/mol. The number of pyridine rings is 1. The number of benzene rings is 1. The van der Waals surface area contributed by atoms with Crippen molar-refractivity contribution in [2.75, 3.05) is 6.54 Å². The minimum absolute atomic E-state index is 0.103. The van der Waals surface area contributed by atoms with Gasteiger partial charge in [0.25, 0.3) is 5.91 Å². The molecule has 0 aliphatic carbocycles. The van der Waals surface area contributed by atoms with Gasteiger partial charge in [-0.3, -0.25) is 4.79 Å². The van der Waals surface area contributed by atoms with E-state index in [9.17, 15) is 10.1 Å². The summed E-state index contributed by atoms with van der Waals surface area (Å²) >= 11 is 0. The lowest BCUT2D eigenvalue weighted by Gasteiger charge is -2.08. The number of nitrogens with one attached hydrogen (secondary N) is 1. The van der Waals surface area contributed by atoms with E-state index in [0.29, 0.717) is 6.54 Å². The van der Waals surface area contributed by atoms with Crippen LogP contribution in [0.15, 0.2) is 66.4 Å². The van der Waals surface area contributed by atoms with Crippen LogP contribution in [-0.4, -0.2) is 22.0 Å². The molecule has 0 saturated heterocycles. The van der Waals surface area contributed by atoms with Gasteiger partial charge in [-0.05, 0) is 62.1 Å². The van der Waals surface area contributed by atoms with E-state index in [0.717, 1.165) is 35.6 Å². The second-order valence-corrected chi connectivity index (χ2v) is 6.86. The Balaban J connectivity index is 1.68. The maximum absolute atomic E-state index is 12.4. The van der Waals surface area contributed by atoms with E-state index in [2.05, 4.69) is 22.4 Å². The number of carbonyl (C=O) groups excluding carboxylic acids is 1. The highest BCUT2D eigenvalue weighted by Gasteiger charge is 2.13. The van der Waals surface area contributed by atoms with E-state index in [1.807, 2.05) is 66.9 Å². The molecule has 0 atom stereocenters. The van der Waals surface area contributed by atoms with Crippen molar-refractivity contribution in [3.05, 3.63) is 88.9 Å². The molecule has 3 aromatic rings. The van der Waals surface area contributed by atoms with E-state index in [-0.39, 0.29) is 11.5 Å². The van der Waals surface area contributed by atoms with Crippen molar-refractivity contribution in [2.45, 2.75) is 26.7 Å². The van der Waals surface area contributed by atoms with E-state index in [1.165, 1.54) is 5.56 Å². The highest BCUT2D eigenvalue weighted by Crippen LogP contribution is 2.21. The van der Waals surface area contributed by atoms with Crippen LogP contribution in [0, 0.1) is 25.2 Å². The summed E-state index contributed by atoms with van der Waals surface area (Å²) in [6, 6.07) is 19.9. The van der Waals surface area contributed by atoms with E-state index < -0.39 is 0 Å². The topological polar surface area (TPSA) is 70.7 Å². The largest absolute Gasteiger partial charge is 0.351 e. The summed E-state index contributed by atoms with van der Waals surface area (Å²) in [5.41, 5.74) is 4.11. The van der Waals surface area contributed by atoms with Gasteiger partial charge in [-0.25, -0.2) is 4.98 Å². The zero-order valence-corrected chi connectivity index (χ0v) is 16.7. The second-order valence-electron chi connectivity index (χ2n) is 6.86. The van der Waals surface area contributed by atoms with Crippen LogP contribution in [0.1, 0.15) is 28.9 Å². The van der Waals surface area contributed by atoms with Crippen LogP contribution in [-0.2, 0) is 11.2 Å². The van der Waals surface area contributed by atoms with Crippen molar-refractivity contribution in [3.8, 4) is 11.9 Å². The molecule has 0 aliphatic rings. The molecule has 0 saturated carbocycles. The highest BCUT2D eigenvalue weighted by molar-refractivity contribution is 6.01. The molecule has 2 heterocycles. The number of amides is 1. The number of nitrogens with zero attached hydrogens (tertiary/aromatic N) is 3. The summed E-state index contributed by atoms with van der Waals surface area (Å²) in [5.74, 6) is 0.467. The van der Waals surface area contributed by atoms with E-state index in [1.54, 1.807) is 12.3 Å². The van der Waals surface area contributed by atoms with Gasteiger partial charge in [0.1, 0.15) is 17.5 Å². The van der Waals surface area contributed by atoms with Crippen LogP contribution in [0.25, 0.3) is 11.9 Å². The monoisotopic (exact) mass is 384 g/mol. The van der Waals surface area contributed by atoms with Crippen LogP contribution in [0.4, 0.5) is 0 Å². The Morgan fingerprint density at radius 3 is 2.62 bits per heavy atom. The predicted octanol–water partition coefficient (Wildman–Crippen LogP) is 4.15. The normalized spacial score (nSPS) is 11.1. The van der Waals surface area contributed by atoms with Gasteiger partial charge in [-0.1, -0.05) is 36.4 Å². The van der Waals surface area contributed by atoms with Crippen LogP contribution in [0.3, 0.4) is 0 Å². The summed E-state index contributed by atoms with van der Waals surface area (Å²) in [4.78, 5) is 16.8. The van der Waals surface area contributed by atoms with Crippen molar-refractivity contribution in [1.82, 2.24) is 14.9 Å². The lowest BCUT2D eigenvalue weighted by Crippen LogP contribution is -2.25. The Labute approximate surface area is 171 Å². The van der Waals surface area contributed by atoms with Gasteiger partial charge < -0.3 is 9.88 Å². The molecule has 3 rings (SSSR count). The average Bonchev–Trinajstić information content (AvgIpc) is 3.03. The Hall–Kier alpha value is -3.65. The summed E-state index contributed by atoms with van der Waals surface area (Å²) in [7, 11) is 0. The van der Waals surface area contributed by atoms with Gasteiger partial charge in [0, 0.05) is 24.1 Å². The lowest BCUT2D eigenvalue weighted by molar-refractivity contribution is -0.117. The third-order valence-electron chi connectivity index (χ3n) is 4.78. The minimum atomic E-state index is -0.344. The van der Waals surface area contributed by atoms with Gasteiger partial charge in [0.05, 0.1) is 0 Å². The van der Waals surface area contributed by atoms with Gasteiger partial charge in [-0.2, -0.15) is 5.26 Å². The molecule has 2 aromatic heterocycles. The van der Waals surface area contributed by atoms with Gasteiger partial charge in [-0.15, -0.1) is 0 Å². The first kappa shape index (κ1) is 20.1. The molecule has 0 spiro atoms. The Morgan fingerprint density at radius 2 is 1.93 bits per heavy atom. The molecule has 1 amide bonds. The van der Waals surface area contributed by atoms with E-state index >= 15 is 0 Å². The standard InChI is InChI=1S/C24H24N4O/c1-18-15-21(19(2)28(18)23-12-6-7-13-26-23)16-22(17-25)24(29)27-14-8-11-20-9-4-3-5-10-20/h3-7,9-10,12-13,15-16H,8,11,14H2,1-2H3,(H,27,29)/b22-16-. The van der Waals surface area contributed by atoms with Crippen LogP contribution < -0.4 is 5.32 Å². The third kappa shape index (κ3) is 4.99. The molecule has 0 radical (unpaired) electrons. The zero-order valence-electron chi connectivity index (χ0n) is 16.7. The fraction of sp³-hybridized carbons (Fsp3) is 0.208. The molecule has 5 nitrogen and oxygen atoms in total. The molecular formula is C24H24N4O. The first-order valence-electron chi connectivity index (χ1n) is 9.64. The number of rotatable bonds is 7. The Morgan fingerprint density at radius 1 is 1.17 bits per heavy atom. The molecule has 1 aromatic carbocycles. The SMILES string of the molecule is Cc1cc(/C=C(/C#N)C(=O)NCCCc2ccccc2)c(C)n1-c1ccccn1. The third-order valence-corrected chi connectivity index (χ3v) is 4.78. The summed E-state index contributed by atoms with van der Waals surface area (Å²) in [6.07, 6.45) is 5.10. The molecule has 0 fully saturated rings. The zero-order chi connectivity index (χ0) is 20.6. The molecule has 0 unspecified atom stereocenters. The first-order chi connectivity index (χ1) is 14.1. The fourth-order valence-electron chi connectivity index (χ4n) is 3.31. The van der Waals surface area contributed by atoms with Crippen molar-refractivity contribution in [1.29, 1.82) is 5.26 Å². The van der Waals surface area contributed by atoms with Crippen LogP contribution in [0.5, 0.6) is 0 Å². The number of hydrogen-bond donors (Lipinski definition) is 1. The van der Waals surface area contributed by atoms with Crippen LogP contribution in [0.2, 0.25) is 0 Å². The maximum atomic E-state index is 12.4. The molecule has 146 valence electrons. The second kappa shape index (κ2) is 9.52. The number of aryl methyl sites for hydroxylation is 2. The molecular weight excluding hydrogens is 360 g/mol. The Kier molecular flexibility index (Phi) is 6.59. The summed E-state index contributed by atoms with van der Waals surface area (Å²) in [6.45, 7) is 4.47. The fourth-order valence-corrected chi connectivity index (χ4v) is 3.31. The lowest BCUT2D eigenvalue weighted by atomic mass is 10.1. The molecule has 0 aliphatic heterocycles. The number of aromatic nitrogens is 2. The van der Waals surface area contributed by atoms with Gasteiger partial charge in [0.15, 0.2) is 0 Å². The van der Waals surface area contributed by atoms with Gasteiger partial charge >= 0.3 is 0 Å².